The van der Waals surface area contributed by atoms with E-state index in [0.29, 0.717) is 0 Å². The summed E-state index contributed by atoms with van der Waals surface area (Å²) in [4.78, 5) is 4.23. The van der Waals surface area contributed by atoms with Crippen LogP contribution in [-0.2, 0) is 6.42 Å². The zero-order chi connectivity index (χ0) is 12.8. The Balaban J connectivity index is 1.91. The summed E-state index contributed by atoms with van der Waals surface area (Å²) in [5.74, 6) is 0.728. The fraction of sp³-hybridized carbons (Fsp3) is 0.438. The van der Waals surface area contributed by atoms with Gasteiger partial charge in [0.15, 0.2) is 0 Å². The number of nitrogens with zero attached hydrogens (tertiary/aromatic N) is 1. The van der Waals surface area contributed by atoms with Crippen molar-refractivity contribution in [3.63, 3.8) is 0 Å². The molecule has 0 fully saturated rings. The van der Waals surface area contributed by atoms with Gasteiger partial charge in [0, 0.05) is 17.8 Å². The van der Waals surface area contributed by atoms with Crippen LogP contribution < -0.4 is 5.32 Å². The standard InChI is InChI=1S/C16H22N2/c1-13(2)11-17-9-4-7-14-5-3-6-15-8-10-18-12-16(14)15/h3,5-6,8,10,12-13,17H,4,7,9,11H2,1-2H3. The van der Waals surface area contributed by atoms with E-state index in [1.165, 1.54) is 22.8 Å². The van der Waals surface area contributed by atoms with Gasteiger partial charge in [0.2, 0.25) is 0 Å². The average molecular weight is 242 g/mol. The van der Waals surface area contributed by atoms with E-state index in [4.69, 9.17) is 0 Å². The van der Waals surface area contributed by atoms with Crippen molar-refractivity contribution < 1.29 is 0 Å². The van der Waals surface area contributed by atoms with Crippen LogP contribution in [0.25, 0.3) is 10.8 Å². The highest BCUT2D eigenvalue weighted by Gasteiger charge is 2.00. The van der Waals surface area contributed by atoms with Crippen molar-refractivity contribution in [3.8, 4) is 0 Å². The molecule has 2 aromatic rings. The third-order valence-electron chi connectivity index (χ3n) is 3.13. The summed E-state index contributed by atoms with van der Waals surface area (Å²) in [5.41, 5.74) is 1.41. The number of nitrogens with one attached hydrogen (secondary N) is 1. The van der Waals surface area contributed by atoms with Gasteiger partial charge >= 0.3 is 0 Å². The first-order chi connectivity index (χ1) is 8.77. The Morgan fingerprint density at radius 1 is 1.22 bits per heavy atom. The van der Waals surface area contributed by atoms with E-state index in [9.17, 15) is 0 Å². The van der Waals surface area contributed by atoms with E-state index in [1.807, 2.05) is 12.4 Å². The first-order valence-corrected chi connectivity index (χ1v) is 6.79. The van der Waals surface area contributed by atoms with Crippen molar-refractivity contribution in [3.05, 3.63) is 42.2 Å². The molecule has 0 saturated carbocycles. The molecule has 1 aromatic heterocycles. The second-order valence-electron chi connectivity index (χ2n) is 5.22. The van der Waals surface area contributed by atoms with Crippen molar-refractivity contribution in [1.82, 2.24) is 10.3 Å². The third kappa shape index (κ3) is 3.54. The predicted molar refractivity (Wildman–Crippen MR) is 77.8 cm³/mol. The largest absolute Gasteiger partial charge is 0.316 e. The van der Waals surface area contributed by atoms with Crippen molar-refractivity contribution in [2.45, 2.75) is 26.7 Å². The van der Waals surface area contributed by atoms with Gasteiger partial charge in [-0.15, -0.1) is 0 Å². The van der Waals surface area contributed by atoms with Crippen LogP contribution in [0.3, 0.4) is 0 Å². The molecule has 1 N–H and O–H groups in total. The molecule has 0 radical (unpaired) electrons. The van der Waals surface area contributed by atoms with Crippen LogP contribution in [0.1, 0.15) is 25.8 Å². The lowest BCUT2D eigenvalue weighted by atomic mass is 10.0. The molecule has 2 nitrogen and oxygen atoms in total. The van der Waals surface area contributed by atoms with Gasteiger partial charge in [-0.05, 0) is 48.9 Å². The Kier molecular flexibility index (Phi) is 4.71. The van der Waals surface area contributed by atoms with Gasteiger partial charge in [0.25, 0.3) is 0 Å². The molecule has 2 heteroatoms. The Morgan fingerprint density at radius 3 is 2.94 bits per heavy atom. The van der Waals surface area contributed by atoms with Crippen LogP contribution in [0.5, 0.6) is 0 Å². The molecule has 0 saturated heterocycles. The Morgan fingerprint density at radius 2 is 2.11 bits per heavy atom. The van der Waals surface area contributed by atoms with E-state index < -0.39 is 0 Å². The SMILES string of the molecule is CC(C)CNCCCc1cccc2ccncc12. The van der Waals surface area contributed by atoms with Crippen molar-refractivity contribution in [2.24, 2.45) is 5.92 Å². The molecule has 0 aliphatic rings. The maximum Gasteiger partial charge on any atom is 0.0349 e. The van der Waals surface area contributed by atoms with Crippen molar-refractivity contribution in [1.29, 1.82) is 0 Å². The fourth-order valence-electron chi connectivity index (χ4n) is 2.19. The van der Waals surface area contributed by atoms with E-state index >= 15 is 0 Å². The maximum atomic E-state index is 4.23. The van der Waals surface area contributed by atoms with Gasteiger partial charge in [-0.2, -0.15) is 0 Å². The molecule has 0 spiro atoms. The minimum Gasteiger partial charge on any atom is -0.316 e. The van der Waals surface area contributed by atoms with Gasteiger partial charge < -0.3 is 5.32 Å². The third-order valence-corrected chi connectivity index (χ3v) is 3.13. The van der Waals surface area contributed by atoms with Crippen LogP contribution in [0.2, 0.25) is 0 Å². The number of hydrogen-bond donors (Lipinski definition) is 1. The molecule has 1 aromatic carbocycles. The summed E-state index contributed by atoms with van der Waals surface area (Å²) in [6.45, 7) is 6.68. The number of rotatable bonds is 6. The molecule has 1 heterocycles. The first kappa shape index (κ1) is 13.0. The maximum absolute atomic E-state index is 4.23. The second-order valence-corrected chi connectivity index (χ2v) is 5.22. The molecule has 18 heavy (non-hydrogen) atoms. The molecule has 0 amide bonds. The zero-order valence-electron chi connectivity index (χ0n) is 11.3. The van der Waals surface area contributed by atoms with E-state index in [2.05, 4.69) is 48.4 Å². The lowest BCUT2D eigenvalue weighted by Gasteiger charge is -2.08. The minimum absolute atomic E-state index is 0.728. The van der Waals surface area contributed by atoms with E-state index in [0.717, 1.165) is 25.4 Å². The van der Waals surface area contributed by atoms with Gasteiger partial charge in [-0.1, -0.05) is 32.0 Å². The highest BCUT2D eigenvalue weighted by atomic mass is 14.8. The monoisotopic (exact) mass is 242 g/mol. The topological polar surface area (TPSA) is 24.9 Å². The van der Waals surface area contributed by atoms with Gasteiger partial charge in [0.05, 0.1) is 0 Å². The second kappa shape index (κ2) is 6.50. The number of aryl methyl sites for hydroxylation is 1. The van der Waals surface area contributed by atoms with Crippen molar-refractivity contribution in [2.75, 3.05) is 13.1 Å². The van der Waals surface area contributed by atoms with Gasteiger partial charge in [-0.3, -0.25) is 4.98 Å². The molecule has 96 valence electrons. The van der Waals surface area contributed by atoms with Gasteiger partial charge in [0.1, 0.15) is 0 Å². The lowest BCUT2D eigenvalue weighted by molar-refractivity contribution is 0.543. The van der Waals surface area contributed by atoms with Crippen LogP contribution in [-0.4, -0.2) is 18.1 Å². The Bertz CT molecular complexity index is 486. The average Bonchev–Trinajstić information content (AvgIpc) is 2.38. The summed E-state index contributed by atoms with van der Waals surface area (Å²) >= 11 is 0. The number of fused-ring (bicyclic) bond motifs is 1. The molecule has 0 bridgehead atoms. The normalized spacial score (nSPS) is 11.3. The molecule has 0 aliphatic carbocycles. The highest BCUT2D eigenvalue weighted by Crippen LogP contribution is 2.18. The minimum atomic E-state index is 0.728. The van der Waals surface area contributed by atoms with Crippen LogP contribution in [0.4, 0.5) is 0 Å². The van der Waals surface area contributed by atoms with Gasteiger partial charge in [-0.25, -0.2) is 0 Å². The lowest BCUT2D eigenvalue weighted by Crippen LogP contribution is -2.21. The Hall–Kier alpha value is -1.41. The predicted octanol–water partition coefficient (Wildman–Crippen LogP) is 3.41. The van der Waals surface area contributed by atoms with E-state index in [-0.39, 0.29) is 0 Å². The summed E-state index contributed by atoms with van der Waals surface area (Å²) in [7, 11) is 0. The van der Waals surface area contributed by atoms with Crippen LogP contribution in [0.15, 0.2) is 36.7 Å². The summed E-state index contributed by atoms with van der Waals surface area (Å²) < 4.78 is 0. The molecular formula is C16H22N2. The number of pyridine rings is 1. The molecule has 0 aliphatic heterocycles. The smallest absolute Gasteiger partial charge is 0.0349 e. The van der Waals surface area contributed by atoms with E-state index in [1.54, 1.807) is 0 Å². The summed E-state index contributed by atoms with van der Waals surface area (Å²) in [6, 6.07) is 8.58. The summed E-state index contributed by atoms with van der Waals surface area (Å²) in [5, 5.41) is 6.07. The molecule has 0 unspecified atom stereocenters. The summed E-state index contributed by atoms with van der Waals surface area (Å²) in [6.07, 6.45) is 6.14. The number of aromatic nitrogens is 1. The van der Waals surface area contributed by atoms with Crippen LogP contribution in [0, 0.1) is 5.92 Å². The first-order valence-electron chi connectivity index (χ1n) is 6.79. The Labute approximate surface area is 109 Å². The zero-order valence-corrected chi connectivity index (χ0v) is 11.3. The quantitative estimate of drug-likeness (QED) is 0.785. The highest BCUT2D eigenvalue weighted by molar-refractivity contribution is 5.84. The number of hydrogen-bond acceptors (Lipinski definition) is 2. The fourth-order valence-corrected chi connectivity index (χ4v) is 2.19. The van der Waals surface area contributed by atoms with Crippen molar-refractivity contribution >= 4 is 10.8 Å². The molecular weight excluding hydrogens is 220 g/mol. The van der Waals surface area contributed by atoms with Crippen LogP contribution >= 0.6 is 0 Å². The molecule has 2 rings (SSSR count). The molecule has 0 atom stereocenters. The number of benzene rings is 1.